The number of hydrogen-bond donors (Lipinski definition) is 0. The quantitative estimate of drug-likeness (QED) is 0.544. The Morgan fingerprint density at radius 1 is 1.16 bits per heavy atom. The summed E-state index contributed by atoms with van der Waals surface area (Å²) in [4.78, 5) is 12.8. The minimum atomic E-state index is 0.737. The highest BCUT2D eigenvalue weighted by molar-refractivity contribution is 5.49. The fourth-order valence-electron chi connectivity index (χ4n) is 3.01. The summed E-state index contributed by atoms with van der Waals surface area (Å²) >= 11 is 0. The van der Waals surface area contributed by atoms with Crippen molar-refractivity contribution in [3.8, 4) is 0 Å². The van der Waals surface area contributed by atoms with Gasteiger partial charge in [0.1, 0.15) is 6.29 Å². The molecule has 0 aromatic heterocycles. The second-order valence-corrected chi connectivity index (χ2v) is 5.59. The first kappa shape index (κ1) is 14.1. The van der Waals surface area contributed by atoms with Gasteiger partial charge >= 0.3 is 0 Å². The minimum Gasteiger partial charge on any atom is -0.371 e. The lowest BCUT2D eigenvalue weighted by atomic mass is 9.92. The molecule has 1 fully saturated rings. The highest BCUT2D eigenvalue weighted by Crippen LogP contribution is 2.26. The number of aldehydes is 1. The van der Waals surface area contributed by atoms with Crippen LogP contribution in [0, 0.1) is 5.92 Å². The Balaban J connectivity index is 1.73. The first-order valence-corrected chi connectivity index (χ1v) is 7.64. The van der Waals surface area contributed by atoms with Crippen LogP contribution in [0.4, 0.5) is 5.69 Å². The molecular formula is C17H25NO. The third-order valence-electron chi connectivity index (χ3n) is 4.07. The van der Waals surface area contributed by atoms with E-state index in [1.54, 1.807) is 0 Å². The zero-order chi connectivity index (χ0) is 13.3. The molecule has 1 aliphatic rings. The van der Waals surface area contributed by atoms with E-state index in [-0.39, 0.29) is 0 Å². The molecule has 104 valence electrons. The summed E-state index contributed by atoms with van der Waals surface area (Å²) in [7, 11) is 0. The van der Waals surface area contributed by atoms with Crippen molar-refractivity contribution < 1.29 is 4.79 Å². The normalized spacial score (nSPS) is 19.4. The van der Waals surface area contributed by atoms with Crippen molar-refractivity contribution in [2.24, 2.45) is 5.92 Å². The Labute approximate surface area is 116 Å². The first-order chi connectivity index (χ1) is 9.40. The lowest BCUT2D eigenvalue weighted by Crippen LogP contribution is -2.35. The average Bonchev–Trinajstić information content (AvgIpc) is 2.48. The third kappa shape index (κ3) is 4.70. The fraction of sp³-hybridized carbons (Fsp3) is 0.588. The predicted molar refractivity (Wildman–Crippen MR) is 80.5 cm³/mol. The van der Waals surface area contributed by atoms with Crippen LogP contribution >= 0.6 is 0 Å². The van der Waals surface area contributed by atoms with Crippen LogP contribution < -0.4 is 4.90 Å². The standard InChI is InChI=1S/C17H25NO/c19-14-7-2-1-4-9-16-10-8-13-18(15-16)17-11-5-3-6-12-17/h3,5-6,11-12,14,16H,1-2,4,7-10,13,15H2. The summed E-state index contributed by atoms with van der Waals surface area (Å²) in [5, 5.41) is 0. The number of benzene rings is 1. The Morgan fingerprint density at radius 3 is 2.79 bits per heavy atom. The molecule has 1 atom stereocenters. The molecule has 1 unspecified atom stereocenters. The number of nitrogens with zero attached hydrogens (tertiary/aromatic N) is 1. The third-order valence-corrected chi connectivity index (χ3v) is 4.07. The van der Waals surface area contributed by atoms with Gasteiger partial charge in [0.15, 0.2) is 0 Å². The van der Waals surface area contributed by atoms with Crippen LogP contribution in [0.25, 0.3) is 0 Å². The molecule has 1 aliphatic heterocycles. The van der Waals surface area contributed by atoms with Crippen LogP contribution in [0.2, 0.25) is 0 Å². The lowest BCUT2D eigenvalue weighted by Gasteiger charge is -2.34. The summed E-state index contributed by atoms with van der Waals surface area (Å²) in [6, 6.07) is 10.8. The Kier molecular flexibility index (Phi) is 5.93. The van der Waals surface area contributed by atoms with Gasteiger partial charge in [-0.1, -0.05) is 31.0 Å². The molecule has 0 bridgehead atoms. The van der Waals surface area contributed by atoms with Crippen molar-refractivity contribution in [2.45, 2.75) is 44.9 Å². The smallest absolute Gasteiger partial charge is 0.119 e. The van der Waals surface area contributed by atoms with E-state index in [2.05, 4.69) is 35.2 Å². The molecule has 19 heavy (non-hydrogen) atoms. The maximum atomic E-state index is 10.3. The molecular weight excluding hydrogens is 234 g/mol. The van der Waals surface area contributed by atoms with Gasteiger partial charge in [-0.05, 0) is 43.7 Å². The monoisotopic (exact) mass is 259 g/mol. The van der Waals surface area contributed by atoms with Crippen molar-refractivity contribution in [1.29, 1.82) is 0 Å². The molecule has 1 aromatic rings. The number of para-hydroxylation sites is 1. The average molecular weight is 259 g/mol. The molecule has 2 nitrogen and oxygen atoms in total. The van der Waals surface area contributed by atoms with E-state index in [1.165, 1.54) is 50.9 Å². The van der Waals surface area contributed by atoms with E-state index in [1.807, 2.05) is 0 Å². The highest BCUT2D eigenvalue weighted by Gasteiger charge is 2.19. The molecule has 1 aromatic carbocycles. The molecule has 0 N–H and O–H groups in total. The van der Waals surface area contributed by atoms with Gasteiger partial charge in [0.2, 0.25) is 0 Å². The summed E-state index contributed by atoms with van der Waals surface area (Å²) in [5.41, 5.74) is 1.37. The lowest BCUT2D eigenvalue weighted by molar-refractivity contribution is -0.107. The van der Waals surface area contributed by atoms with Crippen LogP contribution in [-0.4, -0.2) is 19.4 Å². The molecule has 0 radical (unpaired) electrons. The predicted octanol–water partition coefficient (Wildman–Crippen LogP) is 4.05. The minimum absolute atomic E-state index is 0.737. The molecule has 0 amide bonds. The zero-order valence-electron chi connectivity index (χ0n) is 11.8. The second kappa shape index (κ2) is 7.98. The van der Waals surface area contributed by atoms with Gasteiger partial charge in [0, 0.05) is 25.2 Å². The van der Waals surface area contributed by atoms with Crippen LogP contribution in [0.15, 0.2) is 30.3 Å². The fourth-order valence-corrected chi connectivity index (χ4v) is 3.01. The molecule has 2 heteroatoms. The van der Waals surface area contributed by atoms with Gasteiger partial charge in [0.05, 0.1) is 0 Å². The van der Waals surface area contributed by atoms with Gasteiger partial charge in [-0.2, -0.15) is 0 Å². The molecule has 0 aliphatic carbocycles. The van der Waals surface area contributed by atoms with E-state index in [9.17, 15) is 4.79 Å². The summed E-state index contributed by atoms with van der Waals surface area (Å²) in [6.07, 6.45) is 9.34. The Hall–Kier alpha value is -1.31. The van der Waals surface area contributed by atoms with Crippen molar-refractivity contribution >= 4 is 12.0 Å². The molecule has 0 saturated carbocycles. The topological polar surface area (TPSA) is 20.3 Å². The van der Waals surface area contributed by atoms with E-state index < -0.39 is 0 Å². The van der Waals surface area contributed by atoms with Crippen molar-refractivity contribution in [2.75, 3.05) is 18.0 Å². The Bertz CT molecular complexity index is 363. The largest absolute Gasteiger partial charge is 0.371 e. The highest BCUT2D eigenvalue weighted by atomic mass is 16.1. The van der Waals surface area contributed by atoms with E-state index in [0.29, 0.717) is 0 Å². The van der Waals surface area contributed by atoms with Gasteiger partial charge in [0.25, 0.3) is 0 Å². The van der Waals surface area contributed by atoms with Crippen molar-refractivity contribution in [3.63, 3.8) is 0 Å². The van der Waals surface area contributed by atoms with Gasteiger partial charge < -0.3 is 9.69 Å². The van der Waals surface area contributed by atoms with Crippen LogP contribution in [0.5, 0.6) is 0 Å². The van der Waals surface area contributed by atoms with Crippen LogP contribution in [0.1, 0.15) is 44.9 Å². The number of hydrogen-bond acceptors (Lipinski definition) is 2. The van der Waals surface area contributed by atoms with Gasteiger partial charge in [-0.3, -0.25) is 0 Å². The van der Waals surface area contributed by atoms with Gasteiger partial charge in [-0.25, -0.2) is 0 Å². The number of piperidine rings is 1. The van der Waals surface area contributed by atoms with Crippen LogP contribution in [-0.2, 0) is 4.79 Å². The maximum absolute atomic E-state index is 10.3. The number of carbonyl (C=O) groups excluding carboxylic acids is 1. The van der Waals surface area contributed by atoms with Crippen LogP contribution in [0.3, 0.4) is 0 Å². The Morgan fingerprint density at radius 2 is 2.00 bits per heavy atom. The summed E-state index contributed by atoms with van der Waals surface area (Å²) in [6.45, 7) is 2.41. The number of carbonyl (C=O) groups is 1. The molecule has 0 spiro atoms. The second-order valence-electron chi connectivity index (χ2n) is 5.59. The van der Waals surface area contributed by atoms with E-state index >= 15 is 0 Å². The SMILES string of the molecule is O=CCCCCCC1CCCN(c2ccccc2)C1. The first-order valence-electron chi connectivity index (χ1n) is 7.64. The number of anilines is 1. The summed E-state index contributed by atoms with van der Waals surface area (Å²) < 4.78 is 0. The molecule has 1 saturated heterocycles. The number of unbranched alkanes of at least 4 members (excludes halogenated alkanes) is 3. The maximum Gasteiger partial charge on any atom is 0.119 e. The van der Waals surface area contributed by atoms with E-state index in [0.717, 1.165) is 25.0 Å². The van der Waals surface area contributed by atoms with E-state index in [4.69, 9.17) is 0 Å². The van der Waals surface area contributed by atoms with Crippen molar-refractivity contribution in [3.05, 3.63) is 30.3 Å². The van der Waals surface area contributed by atoms with Crippen molar-refractivity contribution in [1.82, 2.24) is 0 Å². The summed E-state index contributed by atoms with van der Waals surface area (Å²) in [5.74, 6) is 0.838. The van der Waals surface area contributed by atoms with Gasteiger partial charge in [-0.15, -0.1) is 0 Å². The molecule has 1 heterocycles. The molecule has 2 rings (SSSR count). The zero-order valence-corrected chi connectivity index (χ0v) is 11.8. The number of rotatable bonds is 7.